The fraction of sp³-hybridized carbons (Fsp3) is 0.200. The van der Waals surface area contributed by atoms with Gasteiger partial charge in [0.05, 0.1) is 13.2 Å². The molecule has 0 saturated heterocycles. The maximum Gasteiger partial charge on any atom is 0.267 e. The molecule has 142 valence electrons. The fourth-order valence-corrected chi connectivity index (χ4v) is 2.24. The van der Waals surface area contributed by atoms with E-state index in [0.29, 0.717) is 17.9 Å². The van der Waals surface area contributed by atoms with E-state index >= 15 is 0 Å². The first kappa shape index (κ1) is 20.1. The van der Waals surface area contributed by atoms with Crippen LogP contribution in [0.25, 0.3) is 6.08 Å². The van der Waals surface area contributed by atoms with Gasteiger partial charge in [0.15, 0.2) is 0 Å². The lowest BCUT2D eigenvalue weighted by Gasteiger charge is -2.11. The molecule has 7 heteroatoms. The van der Waals surface area contributed by atoms with Crippen molar-refractivity contribution in [2.45, 2.75) is 6.92 Å². The smallest absolute Gasteiger partial charge is 0.267 e. The Morgan fingerprint density at radius 3 is 2.56 bits per heavy atom. The molecule has 2 amide bonds. The number of carbonyl (C=O) groups excluding carboxylic acids is 2. The maximum atomic E-state index is 13.3. The number of carbonyl (C=O) groups is 2. The van der Waals surface area contributed by atoms with Gasteiger partial charge < -0.3 is 20.5 Å². The molecular weight excluding hydrogens is 351 g/mol. The van der Waals surface area contributed by atoms with Gasteiger partial charge >= 0.3 is 0 Å². The summed E-state index contributed by atoms with van der Waals surface area (Å²) in [6, 6.07) is 12.1. The number of amides is 2. The molecule has 0 saturated carbocycles. The first-order chi connectivity index (χ1) is 13.0. The van der Waals surface area contributed by atoms with E-state index in [-0.39, 0.29) is 24.4 Å². The van der Waals surface area contributed by atoms with Gasteiger partial charge in [0.2, 0.25) is 0 Å². The van der Waals surface area contributed by atoms with Gasteiger partial charge in [0, 0.05) is 12.1 Å². The highest BCUT2D eigenvalue weighted by Crippen LogP contribution is 2.14. The molecular formula is C20H21FN2O4. The lowest BCUT2D eigenvalue weighted by atomic mass is 10.1. The van der Waals surface area contributed by atoms with Crippen molar-refractivity contribution in [3.05, 3.63) is 71.2 Å². The van der Waals surface area contributed by atoms with Crippen molar-refractivity contribution < 1.29 is 23.8 Å². The Morgan fingerprint density at radius 2 is 1.93 bits per heavy atom. The minimum atomic E-state index is -0.620. The molecule has 0 fully saturated rings. The molecule has 2 aromatic rings. The third kappa shape index (κ3) is 6.23. The van der Waals surface area contributed by atoms with E-state index in [0.717, 1.165) is 6.07 Å². The number of nitrogens with one attached hydrogen (secondary N) is 2. The predicted molar refractivity (Wildman–Crippen MR) is 99.5 cm³/mol. The number of hydrogen-bond acceptors (Lipinski definition) is 4. The largest absolute Gasteiger partial charge is 0.494 e. The van der Waals surface area contributed by atoms with Gasteiger partial charge in [-0.15, -0.1) is 0 Å². The zero-order valence-electron chi connectivity index (χ0n) is 14.9. The van der Waals surface area contributed by atoms with Gasteiger partial charge in [-0.2, -0.15) is 0 Å². The predicted octanol–water partition coefficient (Wildman–Crippen LogP) is 2.10. The number of aliphatic hydroxyl groups is 1. The van der Waals surface area contributed by atoms with Crippen molar-refractivity contribution in [2.75, 3.05) is 19.8 Å². The van der Waals surface area contributed by atoms with Crippen molar-refractivity contribution in [3.63, 3.8) is 0 Å². The molecule has 27 heavy (non-hydrogen) atoms. The SMILES string of the molecule is CCOc1ccc(/C=C(\NC(=O)c2cccc(F)c2)C(=O)NCCO)cc1. The topological polar surface area (TPSA) is 87.7 Å². The Bertz CT molecular complexity index is 819. The summed E-state index contributed by atoms with van der Waals surface area (Å²) in [4.78, 5) is 24.7. The van der Waals surface area contributed by atoms with Gasteiger partial charge in [-0.25, -0.2) is 4.39 Å². The van der Waals surface area contributed by atoms with Crippen LogP contribution in [0.2, 0.25) is 0 Å². The molecule has 0 radical (unpaired) electrons. The van der Waals surface area contributed by atoms with E-state index in [1.54, 1.807) is 24.3 Å². The Labute approximate surface area is 156 Å². The zero-order valence-corrected chi connectivity index (χ0v) is 14.9. The summed E-state index contributed by atoms with van der Waals surface area (Å²) < 4.78 is 18.7. The van der Waals surface area contributed by atoms with Crippen molar-refractivity contribution in [1.82, 2.24) is 10.6 Å². The second-order valence-corrected chi connectivity index (χ2v) is 5.50. The third-order valence-electron chi connectivity index (χ3n) is 3.48. The summed E-state index contributed by atoms with van der Waals surface area (Å²) in [7, 11) is 0. The van der Waals surface area contributed by atoms with Gasteiger partial charge in [-0.3, -0.25) is 9.59 Å². The molecule has 0 heterocycles. The summed E-state index contributed by atoms with van der Waals surface area (Å²) >= 11 is 0. The summed E-state index contributed by atoms with van der Waals surface area (Å²) in [5.41, 5.74) is 0.719. The van der Waals surface area contributed by atoms with Crippen LogP contribution >= 0.6 is 0 Å². The van der Waals surface area contributed by atoms with E-state index in [2.05, 4.69) is 10.6 Å². The second kappa shape index (κ2) is 10.1. The van der Waals surface area contributed by atoms with Gasteiger partial charge in [0.1, 0.15) is 17.3 Å². The van der Waals surface area contributed by atoms with Crippen molar-refractivity contribution in [2.24, 2.45) is 0 Å². The van der Waals surface area contributed by atoms with E-state index in [4.69, 9.17) is 9.84 Å². The Balaban J connectivity index is 2.24. The van der Waals surface area contributed by atoms with Crippen LogP contribution in [0, 0.1) is 5.82 Å². The Kier molecular flexibility index (Phi) is 7.51. The fourth-order valence-electron chi connectivity index (χ4n) is 2.24. The van der Waals surface area contributed by atoms with Crippen LogP contribution in [0.4, 0.5) is 4.39 Å². The number of aliphatic hydroxyl groups excluding tert-OH is 1. The summed E-state index contributed by atoms with van der Waals surface area (Å²) in [5, 5.41) is 13.9. The van der Waals surface area contributed by atoms with Crippen molar-refractivity contribution in [3.8, 4) is 5.75 Å². The van der Waals surface area contributed by atoms with Crippen LogP contribution in [0.3, 0.4) is 0 Å². The molecule has 3 N–H and O–H groups in total. The maximum absolute atomic E-state index is 13.3. The van der Waals surface area contributed by atoms with E-state index in [9.17, 15) is 14.0 Å². The van der Waals surface area contributed by atoms with Crippen LogP contribution < -0.4 is 15.4 Å². The number of ether oxygens (including phenoxy) is 1. The summed E-state index contributed by atoms with van der Waals surface area (Å²) in [6.45, 7) is 2.21. The lowest BCUT2D eigenvalue weighted by Crippen LogP contribution is -2.36. The van der Waals surface area contributed by atoms with Gasteiger partial charge in [-0.1, -0.05) is 18.2 Å². The molecule has 0 unspecified atom stereocenters. The number of benzene rings is 2. The Morgan fingerprint density at radius 1 is 1.19 bits per heavy atom. The first-order valence-electron chi connectivity index (χ1n) is 8.44. The highest BCUT2D eigenvalue weighted by Gasteiger charge is 2.14. The quantitative estimate of drug-likeness (QED) is 0.620. The van der Waals surface area contributed by atoms with Crippen LogP contribution in [0.15, 0.2) is 54.2 Å². The third-order valence-corrected chi connectivity index (χ3v) is 3.48. The van der Waals surface area contributed by atoms with Gasteiger partial charge in [-0.05, 0) is 48.9 Å². The van der Waals surface area contributed by atoms with E-state index < -0.39 is 17.6 Å². The molecule has 2 rings (SSSR count). The molecule has 0 aromatic heterocycles. The molecule has 0 atom stereocenters. The first-order valence-corrected chi connectivity index (χ1v) is 8.44. The van der Waals surface area contributed by atoms with Crippen LogP contribution in [0.1, 0.15) is 22.8 Å². The summed E-state index contributed by atoms with van der Waals surface area (Å²) in [5.74, 6) is -1.05. The number of rotatable bonds is 8. The van der Waals surface area contributed by atoms with Crippen LogP contribution in [0.5, 0.6) is 5.75 Å². The Hall–Kier alpha value is -3.19. The second-order valence-electron chi connectivity index (χ2n) is 5.50. The minimum Gasteiger partial charge on any atom is -0.494 e. The highest BCUT2D eigenvalue weighted by molar-refractivity contribution is 6.05. The molecule has 2 aromatic carbocycles. The highest BCUT2D eigenvalue weighted by atomic mass is 19.1. The average molecular weight is 372 g/mol. The molecule has 6 nitrogen and oxygen atoms in total. The molecule has 0 spiro atoms. The van der Waals surface area contributed by atoms with Crippen LogP contribution in [-0.4, -0.2) is 36.7 Å². The van der Waals surface area contributed by atoms with Crippen molar-refractivity contribution >= 4 is 17.9 Å². The van der Waals surface area contributed by atoms with E-state index in [1.165, 1.54) is 24.3 Å². The summed E-state index contributed by atoms with van der Waals surface area (Å²) in [6.07, 6.45) is 1.49. The monoisotopic (exact) mass is 372 g/mol. The minimum absolute atomic E-state index is 0.0260. The lowest BCUT2D eigenvalue weighted by molar-refractivity contribution is -0.117. The van der Waals surface area contributed by atoms with Crippen molar-refractivity contribution in [1.29, 1.82) is 0 Å². The van der Waals surface area contributed by atoms with Crippen LogP contribution in [-0.2, 0) is 4.79 Å². The normalized spacial score (nSPS) is 11.0. The number of hydrogen-bond donors (Lipinski definition) is 3. The molecule has 0 aliphatic heterocycles. The van der Waals surface area contributed by atoms with E-state index in [1.807, 2.05) is 6.92 Å². The average Bonchev–Trinajstić information content (AvgIpc) is 2.67. The van der Waals surface area contributed by atoms with Gasteiger partial charge in [0.25, 0.3) is 11.8 Å². The molecule has 0 aliphatic rings. The zero-order chi connectivity index (χ0) is 19.6. The number of halogens is 1. The standard InChI is InChI=1S/C20H21FN2O4/c1-2-27-17-8-6-14(7-9-17)12-18(20(26)22-10-11-24)23-19(25)15-4-3-5-16(21)13-15/h3-9,12-13,24H,2,10-11H2,1H3,(H,22,26)(H,23,25)/b18-12-. The molecule has 0 aliphatic carbocycles. The molecule has 0 bridgehead atoms.